The molecule has 7 heteroatoms. The van der Waals surface area contributed by atoms with Crippen LogP contribution in [-0.4, -0.2) is 34.8 Å². The minimum Gasteiger partial charge on any atom is -0.361 e. The minimum atomic E-state index is -0.369. The van der Waals surface area contributed by atoms with Crippen molar-refractivity contribution in [2.24, 2.45) is 5.92 Å². The number of aromatic nitrogens is 1. The standard InChI is InChI=1S/C21H19BrFN3O2/c22-15-2-1-3-17(9-15)25-21(28)14-8-20(27)26(12-14)7-6-13-11-24-19-5-4-16(23)10-18(13)19/h1-5,9-11,14,24H,6-8,12H2,(H,25,28)/t14-/m0/s1. The van der Waals surface area contributed by atoms with Gasteiger partial charge in [-0.15, -0.1) is 0 Å². The number of aromatic amines is 1. The van der Waals surface area contributed by atoms with Crippen LogP contribution in [0.1, 0.15) is 12.0 Å². The van der Waals surface area contributed by atoms with Crippen molar-refractivity contribution in [1.29, 1.82) is 0 Å². The Morgan fingerprint density at radius 1 is 1.29 bits per heavy atom. The molecule has 0 aliphatic carbocycles. The summed E-state index contributed by atoms with van der Waals surface area (Å²) in [5, 5.41) is 3.70. The molecule has 2 heterocycles. The maximum atomic E-state index is 13.5. The smallest absolute Gasteiger partial charge is 0.229 e. The molecule has 2 N–H and O–H groups in total. The van der Waals surface area contributed by atoms with E-state index in [1.165, 1.54) is 12.1 Å². The Balaban J connectivity index is 1.38. The number of hydrogen-bond acceptors (Lipinski definition) is 2. The summed E-state index contributed by atoms with van der Waals surface area (Å²) in [7, 11) is 0. The van der Waals surface area contributed by atoms with Gasteiger partial charge in [-0.1, -0.05) is 22.0 Å². The Morgan fingerprint density at radius 3 is 2.96 bits per heavy atom. The number of likely N-dealkylation sites (tertiary alicyclic amines) is 1. The first kappa shape index (κ1) is 18.7. The fraction of sp³-hybridized carbons (Fsp3) is 0.238. The minimum absolute atomic E-state index is 0.0274. The molecule has 28 heavy (non-hydrogen) atoms. The first-order chi connectivity index (χ1) is 13.5. The summed E-state index contributed by atoms with van der Waals surface area (Å²) in [6, 6.07) is 12.0. The molecule has 1 aromatic heterocycles. The zero-order valence-electron chi connectivity index (χ0n) is 15.0. The molecule has 4 rings (SSSR count). The molecule has 1 atom stereocenters. The fourth-order valence-corrected chi connectivity index (χ4v) is 3.99. The lowest BCUT2D eigenvalue weighted by molar-refractivity contribution is -0.128. The third-order valence-corrected chi connectivity index (χ3v) is 5.55. The zero-order chi connectivity index (χ0) is 19.7. The van der Waals surface area contributed by atoms with E-state index in [1.807, 2.05) is 30.5 Å². The van der Waals surface area contributed by atoms with Crippen LogP contribution in [0.3, 0.4) is 0 Å². The van der Waals surface area contributed by atoms with Crippen LogP contribution < -0.4 is 5.32 Å². The van der Waals surface area contributed by atoms with Crippen molar-refractivity contribution in [3.63, 3.8) is 0 Å². The molecule has 2 amide bonds. The largest absolute Gasteiger partial charge is 0.361 e. The molecule has 0 radical (unpaired) electrons. The summed E-state index contributed by atoms with van der Waals surface area (Å²) in [6.07, 6.45) is 2.67. The number of rotatable bonds is 5. The van der Waals surface area contributed by atoms with Crippen LogP contribution in [0.15, 0.2) is 53.1 Å². The lowest BCUT2D eigenvalue weighted by Crippen LogP contribution is -2.30. The number of anilines is 1. The van der Waals surface area contributed by atoms with Crippen molar-refractivity contribution < 1.29 is 14.0 Å². The van der Waals surface area contributed by atoms with Gasteiger partial charge in [0.05, 0.1) is 5.92 Å². The highest BCUT2D eigenvalue weighted by Gasteiger charge is 2.34. The first-order valence-electron chi connectivity index (χ1n) is 9.09. The summed E-state index contributed by atoms with van der Waals surface area (Å²) in [5.74, 6) is -0.828. The summed E-state index contributed by atoms with van der Waals surface area (Å²) < 4.78 is 14.4. The molecule has 2 aromatic carbocycles. The SMILES string of the molecule is O=C(Nc1cccc(Br)c1)[C@H]1CC(=O)N(CCc2c[nH]c3ccc(F)cc23)C1. The number of hydrogen-bond donors (Lipinski definition) is 2. The third kappa shape index (κ3) is 3.94. The molecule has 1 aliphatic rings. The number of carbonyl (C=O) groups is 2. The van der Waals surface area contributed by atoms with Crippen molar-refractivity contribution >= 4 is 44.3 Å². The molecule has 1 saturated heterocycles. The van der Waals surface area contributed by atoms with Crippen LogP contribution >= 0.6 is 15.9 Å². The zero-order valence-corrected chi connectivity index (χ0v) is 16.6. The number of halogens is 2. The second-order valence-electron chi connectivity index (χ2n) is 6.99. The number of benzene rings is 2. The van der Waals surface area contributed by atoms with Gasteiger partial charge in [0.25, 0.3) is 0 Å². The van der Waals surface area contributed by atoms with E-state index in [4.69, 9.17) is 0 Å². The van der Waals surface area contributed by atoms with E-state index in [0.29, 0.717) is 25.2 Å². The predicted octanol–water partition coefficient (Wildman–Crippen LogP) is 4.10. The summed E-state index contributed by atoms with van der Waals surface area (Å²) in [4.78, 5) is 29.7. The molecule has 1 fully saturated rings. The molecule has 0 unspecified atom stereocenters. The maximum absolute atomic E-state index is 13.5. The number of nitrogens with zero attached hydrogens (tertiary/aromatic N) is 1. The molecule has 0 spiro atoms. The second kappa shape index (κ2) is 7.75. The van der Waals surface area contributed by atoms with Crippen LogP contribution in [0.25, 0.3) is 10.9 Å². The van der Waals surface area contributed by atoms with Gasteiger partial charge in [-0.25, -0.2) is 4.39 Å². The van der Waals surface area contributed by atoms with Gasteiger partial charge in [-0.2, -0.15) is 0 Å². The average molecular weight is 444 g/mol. The maximum Gasteiger partial charge on any atom is 0.229 e. The monoisotopic (exact) mass is 443 g/mol. The highest BCUT2D eigenvalue weighted by molar-refractivity contribution is 9.10. The Hall–Kier alpha value is -2.67. The number of H-pyrrole nitrogens is 1. The third-order valence-electron chi connectivity index (χ3n) is 5.06. The van der Waals surface area contributed by atoms with Crippen molar-refractivity contribution in [2.45, 2.75) is 12.8 Å². The number of fused-ring (bicyclic) bond motifs is 1. The van der Waals surface area contributed by atoms with E-state index in [2.05, 4.69) is 26.2 Å². The molecule has 3 aromatic rings. The molecular weight excluding hydrogens is 425 g/mol. The Kier molecular flexibility index (Phi) is 5.17. The lowest BCUT2D eigenvalue weighted by atomic mass is 10.1. The number of carbonyl (C=O) groups excluding carboxylic acids is 2. The first-order valence-corrected chi connectivity index (χ1v) is 9.88. The van der Waals surface area contributed by atoms with Gasteiger partial charge in [0, 0.05) is 46.8 Å². The Bertz CT molecular complexity index is 1050. The van der Waals surface area contributed by atoms with E-state index < -0.39 is 0 Å². The molecule has 1 aliphatic heterocycles. The normalized spacial score (nSPS) is 16.7. The van der Waals surface area contributed by atoms with Crippen molar-refractivity contribution in [2.75, 3.05) is 18.4 Å². The molecule has 5 nitrogen and oxygen atoms in total. The Morgan fingerprint density at radius 2 is 2.14 bits per heavy atom. The van der Waals surface area contributed by atoms with Crippen LogP contribution in [0.4, 0.5) is 10.1 Å². The molecular formula is C21H19BrFN3O2. The van der Waals surface area contributed by atoms with Crippen LogP contribution in [0.2, 0.25) is 0 Å². The van der Waals surface area contributed by atoms with Crippen molar-refractivity contribution in [3.8, 4) is 0 Å². The van der Waals surface area contributed by atoms with Gasteiger partial charge in [-0.05, 0) is 48.4 Å². The van der Waals surface area contributed by atoms with Crippen molar-refractivity contribution in [1.82, 2.24) is 9.88 Å². The fourth-order valence-electron chi connectivity index (χ4n) is 3.59. The van der Waals surface area contributed by atoms with E-state index in [-0.39, 0.29) is 30.0 Å². The predicted molar refractivity (Wildman–Crippen MR) is 109 cm³/mol. The van der Waals surface area contributed by atoms with Gasteiger partial charge in [0.15, 0.2) is 0 Å². The van der Waals surface area contributed by atoms with Gasteiger partial charge < -0.3 is 15.2 Å². The van der Waals surface area contributed by atoms with E-state index in [1.54, 1.807) is 11.0 Å². The molecule has 144 valence electrons. The highest BCUT2D eigenvalue weighted by atomic mass is 79.9. The summed E-state index contributed by atoms with van der Waals surface area (Å²) in [6.45, 7) is 0.901. The summed E-state index contributed by atoms with van der Waals surface area (Å²) in [5.41, 5.74) is 2.53. The van der Waals surface area contributed by atoms with Crippen molar-refractivity contribution in [3.05, 3.63) is 64.5 Å². The lowest BCUT2D eigenvalue weighted by Gasteiger charge is -2.16. The van der Waals surface area contributed by atoms with Crippen LogP contribution in [0, 0.1) is 11.7 Å². The second-order valence-corrected chi connectivity index (χ2v) is 7.91. The van der Waals surface area contributed by atoms with Crippen LogP contribution in [0.5, 0.6) is 0 Å². The van der Waals surface area contributed by atoms with E-state index >= 15 is 0 Å². The number of nitrogens with one attached hydrogen (secondary N) is 2. The summed E-state index contributed by atoms with van der Waals surface area (Å²) >= 11 is 3.38. The molecule has 0 saturated carbocycles. The molecule has 0 bridgehead atoms. The van der Waals surface area contributed by atoms with Gasteiger partial charge >= 0.3 is 0 Å². The van der Waals surface area contributed by atoms with Gasteiger partial charge in [0.2, 0.25) is 11.8 Å². The van der Waals surface area contributed by atoms with Crippen LogP contribution in [-0.2, 0) is 16.0 Å². The van der Waals surface area contributed by atoms with Gasteiger partial charge in [0.1, 0.15) is 5.82 Å². The number of amides is 2. The average Bonchev–Trinajstić information content (AvgIpc) is 3.23. The Labute approximate surface area is 170 Å². The highest BCUT2D eigenvalue weighted by Crippen LogP contribution is 2.24. The van der Waals surface area contributed by atoms with Gasteiger partial charge in [-0.3, -0.25) is 9.59 Å². The van der Waals surface area contributed by atoms with E-state index in [9.17, 15) is 14.0 Å². The quantitative estimate of drug-likeness (QED) is 0.623. The van der Waals surface area contributed by atoms with E-state index in [0.717, 1.165) is 20.9 Å². The topological polar surface area (TPSA) is 65.2 Å².